The Balaban J connectivity index is 1.84. The molecule has 0 spiro atoms. The van der Waals surface area contributed by atoms with Gasteiger partial charge in [0.1, 0.15) is 0 Å². The Morgan fingerprint density at radius 1 is 1.17 bits per heavy atom. The third kappa shape index (κ3) is 3.31. The Hall–Kier alpha value is -2.28. The van der Waals surface area contributed by atoms with Crippen LogP contribution in [0.4, 0.5) is 4.39 Å². The van der Waals surface area contributed by atoms with Gasteiger partial charge >= 0.3 is 0 Å². The number of hydrogen-bond acceptors (Lipinski definition) is 4. The summed E-state index contributed by atoms with van der Waals surface area (Å²) < 4.78 is 38.9. The monoisotopic (exact) mass is 348 g/mol. The molecule has 1 aliphatic rings. The van der Waals surface area contributed by atoms with E-state index in [2.05, 4.69) is 4.98 Å². The molecule has 1 atom stereocenters. The maximum Gasteiger partial charge on any atom is 0.256 e. The first-order valence-electron chi connectivity index (χ1n) is 7.64. The topological polar surface area (TPSA) is 67.3 Å². The van der Waals surface area contributed by atoms with Crippen molar-refractivity contribution in [3.8, 4) is 0 Å². The van der Waals surface area contributed by atoms with E-state index in [0.29, 0.717) is 6.42 Å². The van der Waals surface area contributed by atoms with Crippen molar-refractivity contribution in [2.45, 2.75) is 11.7 Å². The van der Waals surface area contributed by atoms with E-state index >= 15 is 0 Å². The van der Waals surface area contributed by atoms with Crippen LogP contribution >= 0.6 is 0 Å². The summed E-state index contributed by atoms with van der Waals surface area (Å²) in [6.07, 6.45) is 2.62. The van der Waals surface area contributed by atoms with Gasteiger partial charge in [0, 0.05) is 19.3 Å². The van der Waals surface area contributed by atoms with Crippen molar-refractivity contribution in [2.75, 3.05) is 18.8 Å². The van der Waals surface area contributed by atoms with Gasteiger partial charge < -0.3 is 4.90 Å². The first-order valence-corrected chi connectivity index (χ1v) is 9.36. The van der Waals surface area contributed by atoms with Crippen LogP contribution in [0.15, 0.2) is 48.8 Å². The predicted octanol–water partition coefficient (Wildman–Crippen LogP) is 2.22. The Labute approximate surface area is 140 Å². The van der Waals surface area contributed by atoms with Gasteiger partial charge in [0.25, 0.3) is 5.91 Å². The highest BCUT2D eigenvalue weighted by Gasteiger charge is 2.33. The van der Waals surface area contributed by atoms with E-state index in [1.165, 1.54) is 17.2 Å². The number of amides is 1. The SMILES string of the molecule is O=C(c1ccncc1F)N1CC[C@@H](c2ccccc2)S(=O)(=O)CC1. The molecule has 0 saturated carbocycles. The summed E-state index contributed by atoms with van der Waals surface area (Å²) in [5, 5.41) is -0.640. The molecule has 0 bridgehead atoms. The van der Waals surface area contributed by atoms with Crippen LogP contribution in [0, 0.1) is 5.82 Å². The summed E-state index contributed by atoms with van der Waals surface area (Å²) in [7, 11) is -3.37. The van der Waals surface area contributed by atoms with Crippen LogP contribution in [0.1, 0.15) is 27.6 Å². The van der Waals surface area contributed by atoms with E-state index in [0.717, 1.165) is 11.8 Å². The molecule has 0 unspecified atom stereocenters. The molecular formula is C17H17FN2O3S. The molecule has 1 amide bonds. The summed E-state index contributed by atoms with van der Waals surface area (Å²) >= 11 is 0. The molecule has 7 heteroatoms. The van der Waals surface area contributed by atoms with Gasteiger partial charge in [0.2, 0.25) is 0 Å². The second kappa shape index (κ2) is 6.68. The highest BCUT2D eigenvalue weighted by Crippen LogP contribution is 2.29. The fourth-order valence-electron chi connectivity index (χ4n) is 2.91. The lowest BCUT2D eigenvalue weighted by atomic mass is 10.1. The molecule has 2 aromatic rings. The predicted molar refractivity (Wildman–Crippen MR) is 87.7 cm³/mol. The lowest BCUT2D eigenvalue weighted by molar-refractivity contribution is 0.0761. The first-order chi connectivity index (χ1) is 11.5. The molecular weight excluding hydrogens is 331 g/mol. The Bertz CT molecular complexity index is 840. The van der Waals surface area contributed by atoms with Crippen LogP contribution in [0.25, 0.3) is 0 Å². The van der Waals surface area contributed by atoms with Gasteiger partial charge in [-0.2, -0.15) is 0 Å². The van der Waals surface area contributed by atoms with Crippen molar-refractivity contribution < 1.29 is 17.6 Å². The van der Waals surface area contributed by atoms with E-state index in [1.54, 1.807) is 24.3 Å². The molecule has 126 valence electrons. The van der Waals surface area contributed by atoms with Gasteiger partial charge in [-0.3, -0.25) is 9.78 Å². The molecule has 1 saturated heterocycles. The maximum atomic E-state index is 13.8. The van der Waals surface area contributed by atoms with E-state index in [4.69, 9.17) is 0 Å². The van der Waals surface area contributed by atoms with E-state index in [1.807, 2.05) is 6.07 Å². The third-order valence-electron chi connectivity index (χ3n) is 4.20. The number of rotatable bonds is 2. The average Bonchev–Trinajstić information content (AvgIpc) is 2.74. The molecule has 1 aromatic carbocycles. The molecule has 1 aromatic heterocycles. The Morgan fingerprint density at radius 2 is 1.92 bits per heavy atom. The number of nitrogens with zero attached hydrogens (tertiary/aromatic N) is 2. The van der Waals surface area contributed by atoms with Gasteiger partial charge in [0.15, 0.2) is 15.7 Å². The second-order valence-corrected chi connectivity index (χ2v) is 8.01. The Morgan fingerprint density at radius 3 is 2.62 bits per heavy atom. The van der Waals surface area contributed by atoms with Crippen LogP contribution in [-0.2, 0) is 9.84 Å². The smallest absolute Gasteiger partial charge is 0.256 e. The highest BCUT2D eigenvalue weighted by atomic mass is 32.2. The minimum Gasteiger partial charge on any atom is -0.337 e. The number of aromatic nitrogens is 1. The summed E-state index contributed by atoms with van der Waals surface area (Å²) in [4.78, 5) is 17.5. The zero-order valence-electron chi connectivity index (χ0n) is 12.9. The molecule has 3 rings (SSSR count). The number of hydrogen-bond donors (Lipinski definition) is 0. The van der Waals surface area contributed by atoms with Gasteiger partial charge in [-0.15, -0.1) is 0 Å². The van der Waals surface area contributed by atoms with Crippen molar-refractivity contribution >= 4 is 15.7 Å². The minimum absolute atomic E-state index is 0.0618. The molecule has 1 fully saturated rings. The molecule has 0 radical (unpaired) electrons. The fraction of sp³-hybridized carbons (Fsp3) is 0.294. The van der Waals surface area contributed by atoms with Crippen molar-refractivity contribution in [1.82, 2.24) is 9.88 Å². The van der Waals surface area contributed by atoms with Crippen LogP contribution in [0.3, 0.4) is 0 Å². The number of sulfone groups is 1. The quantitative estimate of drug-likeness (QED) is 0.835. The van der Waals surface area contributed by atoms with Crippen molar-refractivity contribution in [2.24, 2.45) is 0 Å². The summed E-state index contributed by atoms with van der Waals surface area (Å²) in [6.45, 7) is 0.325. The maximum absolute atomic E-state index is 13.8. The van der Waals surface area contributed by atoms with Crippen molar-refractivity contribution in [3.63, 3.8) is 0 Å². The normalized spacial score (nSPS) is 20.4. The molecule has 0 N–H and O–H groups in total. The average molecular weight is 348 g/mol. The van der Waals surface area contributed by atoms with Crippen molar-refractivity contribution in [1.29, 1.82) is 0 Å². The summed E-state index contributed by atoms with van der Waals surface area (Å²) in [5.41, 5.74) is 0.641. The second-order valence-electron chi connectivity index (χ2n) is 5.70. The largest absolute Gasteiger partial charge is 0.337 e. The number of halogens is 1. The summed E-state index contributed by atoms with van der Waals surface area (Å²) in [6, 6.07) is 10.3. The van der Waals surface area contributed by atoms with Crippen LogP contribution in [0.5, 0.6) is 0 Å². The highest BCUT2D eigenvalue weighted by molar-refractivity contribution is 7.91. The number of carbonyl (C=O) groups excluding carboxylic acids is 1. The lowest BCUT2D eigenvalue weighted by Gasteiger charge is -2.20. The number of pyridine rings is 1. The molecule has 24 heavy (non-hydrogen) atoms. The summed E-state index contributed by atoms with van der Waals surface area (Å²) in [5.74, 6) is -1.33. The van der Waals surface area contributed by atoms with Gasteiger partial charge in [-0.1, -0.05) is 30.3 Å². The van der Waals surface area contributed by atoms with Gasteiger partial charge in [0.05, 0.1) is 22.8 Å². The van der Waals surface area contributed by atoms with Crippen molar-refractivity contribution in [3.05, 3.63) is 65.7 Å². The number of carbonyl (C=O) groups is 1. The molecule has 1 aliphatic heterocycles. The van der Waals surface area contributed by atoms with E-state index < -0.39 is 26.8 Å². The van der Waals surface area contributed by atoms with E-state index in [9.17, 15) is 17.6 Å². The third-order valence-corrected chi connectivity index (χ3v) is 6.33. The Kier molecular flexibility index (Phi) is 4.62. The fourth-order valence-corrected chi connectivity index (χ4v) is 4.70. The lowest BCUT2D eigenvalue weighted by Crippen LogP contribution is -2.34. The van der Waals surface area contributed by atoms with Crippen LogP contribution in [-0.4, -0.2) is 43.1 Å². The molecule has 2 heterocycles. The standard InChI is InChI=1S/C17H17FN2O3S/c18-15-12-19-8-6-14(15)17(21)20-9-7-16(24(22,23)11-10-20)13-4-2-1-3-5-13/h1-6,8,12,16H,7,9-11H2/t16-/m0/s1. The number of benzene rings is 1. The minimum atomic E-state index is -3.37. The molecule has 5 nitrogen and oxygen atoms in total. The van der Waals surface area contributed by atoms with E-state index in [-0.39, 0.29) is 24.4 Å². The first kappa shape index (κ1) is 16.6. The zero-order chi connectivity index (χ0) is 17.2. The van der Waals surface area contributed by atoms with Crippen LogP contribution < -0.4 is 0 Å². The zero-order valence-corrected chi connectivity index (χ0v) is 13.7. The van der Waals surface area contributed by atoms with Gasteiger partial charge in [-0.05, 0) is 18.1 Å². The molecule has 0 aliphatic carbocycles. The van der Waals surface area contributed by atoms with Gasteiger partial charge in [-0.25, -0.2) is 12.8 Å². The van der Waals surface area contributed by atoms with Crippen LogP contribution in [0.2, 0.25) is 0 Å².